The number of nitrogens with zero attached hydrogens (tertiary/aromatic N) is 2. The van der Waals surface area contributed by atoms with Crippen LogP contribution in [0.5, 0.6) is 0 Å². The molecule has 2 aliphatic rings. The predicted molar refractivity (Wildman–Crippen MR) is 66.9 cm³/mol. The van der Waals surface area contributed by atoms with Crippen molar-refractivity contribution in [3.8, 4) is 0 Å². The van der Waals surface area contributed by atoms with Gasteiger partial charge >= 0.3 is 0 Å². The van der Waals surface area contributed by atoms with Crippen LogP contribution in [0.1, 0.15) is 39.0 Å². The lowest BCUT2D eigenvalue weighted by molar-refractivity contribution is 0.369. The molecule has 0 saturated heterocycles. The molecule has 0 aromatic heterocycles. The minimum absolute atomic E-state index is 0.866. The summed E-state index contributed by atoms with van der Waals surface area (Å²) in [5.74, 6) is 8.26. The first kappa shape index (κ1) is 11.7. The lowest BCUT2D eigenvalue weighted by Gasteiger charge is -2.25. The molecule has 16 heavy (non-hydrogen) atoms. The summed E-state index contributed by atoms with van der Waals surface area (Å²) in [6, 6.07) is 0. The largest absolute Gasteiger partial charge is 0.341 e. The second kappa shape index (κ2) is 5.53. The van der Waals surface area contributed by atoms with Crippen LogP contribution in [-0.2, 0) is 0 Å². The molecule has 0 aliphatic heterocycles. The van der Waals surface area contributed by atoms with Crippen molar-refractivity contribution in [2.45, 2.75) is 39.0 Å². The highest BCUT2D eigenvalue weighted by molar-refractivity contribution is 5.79. The number of hydrogen-bond acceptors (Lipinski definition) is 2. The van der Waals surface area contributed by atoms with E-state index in [1.165, 1.54) is 25.7 Å². The first-order valence-electron chi connectivity index (χ1n) is 6.59. The van der Waals surface area contributed by atoms with Crippen molar-refractivity contribution < 1.29 is 0 Å². The van der Waals surface area contributed by atoms with Crippen molar-refractivity contribution in [1.82, 2.24) is 10.3 Å². The lowest BCUT2D eigenvalue weighted by Crippen LogP contribution is -2.46. The van der Waals surface area contributed by atoms with Crippen LogP contribution >= 0.6 is 0 Å². The Hall–Kier alpha value is -0.770. The van der Waals surface area contributed by atoms with Crippen LogP contribution in [-0.4, -0.2) is 30.5 Å². The molecule has 0 aromatic carbocycles. The summed E-state index contributed by atoms with van der Waals surface area (Å²) in [6.07, 6.45) is 6.60. The highest BCUT2D eigenvalue weighted by Crippen LogP contribution is 2.33. The lowest BCUT2D eigenvalue weighted by atomic mass is 10.3. The fraction of sp³-hybridized carbons (Fsp3) is 0.917. The van der Waals surface area contributed by atoms with Gasteiger partial charge in [0.25, 0.3) is 0 Å². The summed E-state index contributed by atoms with van der Waals surface area (Å²) < 4.78 is 0. The Bertz CT molecular complexity index is 229. The molecular formula is C12H24N4. The SMILES string of the molecule is CCCN=C(NN)N(CC1CC1)CC1CC1. The summed E-state index contributed by atoms with van der Waals surface area (Å²) in [4.78, 5) is 6.90. The minimum Gasteiger partial charge on any atom is -0.341 e. The fourth-order valence-corrected chi connectivity index (χ4v) is 1.93. The zero-order valence-corrected chi connectivity index (χ0v) is 10.3. The standard InChI is InChI=1S/C12H24N4/c1-2-7-14-12(15-13)16(8-10-3-4-10)9-11-5-6-11/h10-11H,2-9,13H2,1H3,(H,14,15). The smallest absolute Gasteiger partial charge is 0.208 e. The van der Waals surface area contributed by atoms with Gasteiger partial charge in [-0.1, -0.05) is 6.92 Å². The van der Waals surface area contributed by atoms with Crippen LogP contribution in [0.15, 0.2) is 4.99 Å². The predicted octanol–water partition coefficient (Wildman–Crippen LogP) is 1.34. The van der Waals surface area contributed by atoms with Crippen LogP contribution in [0.3, 0.4) is 0 Å². The third-order valence-corrected chi connectivity index (χ3v) is 3.26. The van der Waals surface area contributed by atoms with Gasteiger partial charge in [0.15, 0.2) is 0 Å². The van der Waals surface area contributed by atoms with Gasteiger partial charge in [0.05, 0.1) is 0 Å². The molecule has 0 atom stereocenters. The van der Waals surface area contributed by atoms with E-state index in [0.29, 0.717) is 0 Å². The molecule has 0 bridgehead atoms. The van der Waals surface area contributed by atoms with Crippen LogP contribution in [0.2, 0.25) is 0 Å². The molecule has 0 spiro atoms. The van der Waals surface area contributed by atoms with Gasteiger partial charge in [-0.15, -0.1) is 0 Å². The van der Waals surface area contributed by atoms with E-state index in [9.17, 15) is 0 Å². The van der Waals surface area contributed by atoms with Crippen LogP contribution < -0.4 is 11.3 Å². The van der Waals surface area contributed by atoms with Gasteiger partial charge in [-0.2, -0.15) is 0 Å². The molecule has 4 nitrogen and oxygen atoms in total. The molecule has 2 rings (SSSR count). The molecule has 0 aromatic rings. The molecule has 2 fully saturated rings. The number of rotatable bonds is 6. The monoisotopic (exact) mass is 224 g/mol. The van der Waals surface area contributed by atoms with E-state index in [-0.39, 0.29) is 0 Å². The summed E-state index contributed by atoms with van der Waals surface area (Å²) in [5.41, 5.74) is 2.78. The Morgan fingerprint density at radius 2 is 1.81 bits per heavy atom. The molecule has 0 heterocycles. The van der Waals surface area contributed by atoms with Gasteiger partial charge < -0.3 is 4.90 Å². The average Bonchev–Trinajstić information content (AvgIpc) is 3.13. The number of hydrogen-bond donors (Lipinski definition) is 2. The van der Waals surface area contributed by atoms with Gasteiger partial charge in [-0.25, -0.2) is 5.84 Å². The first-order chi connectivity index (χ1) is 7.83. The van der Waals surface area contributed by atoms with Crippen LogP contribution in [0.4, 0.5) is 0 Å². The summed E-state index contributed by atoms with van der Waals surface area (Å²) in [7, 11) is 0. The third-order valence-electron chi connectivity index (χ3n) is 3.26. The first-order valence-corrected chi connectivity index (χ1v) is 6.59. The zero-order valence-electron chi connectivity index (χ0n) is 10.3. The summed E-state index contributed by atoms with van der Waals surface area (Å²) in [5, 5.41) is 0. The van der Waals surface area contributed by atoms with E-state index in [4.69, 9.17) is 5.84 Å². The number of hydrazine groups is 1. The molecule has 2 aliphatic carbocycles. The fourth-order valence-electron chi connectivity index (χ4n) is 1.93. The van der Waals surface area contributed by atoms with Gasteiger partial charge in [0.1, 0.15) is 0 Å². The van der Waals surface area contributed by atoms with Gasteiger partial charge in [0, 0.05) is 19.6 Å². The second-order valence-electron chi connectivity index (χ2n) is 5.14. The number of aliphatic imine (C=N–C) groups is 1. The van der Waals surface area contributed by atoms with Gasteiger partial charge in [-0.05, 0) is 43.9 Å². The quantitative estimate of drug-likeness (QED) is 0.310. The van der Waals surface area contributed by atoms with Crippen molar-refractivity contribution >= 4 is 5.96 Å². The maximum atomic E-state index is 5.58. The third kappa shape index (κ3) is 3.67. The average molecular weight is 224 g/mol. The van der Waals surface area contributed by atoms with E-state index in [1.54, 1.807) is 0 Å². The summed E-state index contributed by atoms with van der Waals surface area (Å²) in [6.45, 7) is 5.29. The second-order valence-corrected chi connectivity index (χ2v) is 5.14. The Balaban J connectivity index is 1.89. The van der Waals surface area contributed by atoms with Crippen molar-refractivity contribution in [2.75, 3.05) is 19.6 Å². The minimum atomic E-state index is 0.866. The van der Waals surface area contributed by atoms with Crippen molar-refractivity contribution in [2.24, 2.45) is 22.7 Å². The Labute approximate surface area is 98.3 Å². The maximum absolute atomic E-state index is 5.58. The summed E-state index contributed by atoms with van der Waals surface area (Å²) >= 11 is 0. The van der Waals surface area contributed by atoms with E-state index < -0.39 is 0 Å². The Morgan fingerprint density at radius 1 is 1.25 bits per heavy atom. The highest BCUT2D eigenvalue weighted by Gasteiger charge is 2.30. The van der Waals surface area contributed by atoms with Crippen molar-refractivity contribution in [1.29, 1.82) is 0 Å². The zero-order chi connectivity index (χ0) is 11.4. The van der Waals surface area contributed by atoms with E-state index in [1.807, 2.05) is 0 Å². The van der Waals surface area contributed by atoms with Crippen LogP contribution in [0.25, 0.3) is 0 Å². The number of guanidine groups is 1. The normalized spacial score (nSPS) is 21.0. The molecule has 3 N–H and O–H groups in total. The molecule has 0 radical (unpaired) electrons. The highest BCUT2D eigenvalue weighted by atomic mass is 15.4. The number of nitrogens with two attached hydrogens (primary N) is 1. The Morgan fingerprint density at radius 3 is 2.19 bits per heavy atom. The number of nitrogens with one attached hydrogen (secondary N) is 1. The van der Waals surface area contributed by atoms with Crippen LogP contribution in [0, 0.1) is 11.8 Å². The molecule has 0 amide bonds. The van der Waals surface area contributed by atoms with E-state index in [0.717, 1.165) is 43.9 Å². The van der Waals surface area contributed by atoms with E-state index in [2.05, 4.69) is 22.2 Å². The maximum Gasteiger partial charge on any atom is 0.208 e. The molecule has 2 saturated carbocycles. The molecule has 0 unspecified atom stereocenters. The molecular weight excluding hydrogens is 200 g/mol. The Kier molecular flexibility index (Phi) is 4.04. The van der Waals surface area contributed by atoms with Gasteiger partial charge in [-0.3, -0.25) is 10.4 Å². The van der Waals surface area contributed by atoms with Gasteiger partial charge in [0.2, 0.25) is 5.96 Å². The topological polar surface area (TPSA) is 53.6 Å². The van der Waals surface area contributed by atoms with Crippen molar-refractivity contribution in [3.05, 3.63) is 0 Å². The van der Waals surface area contributed by atoms with E-state index >= 15 is 0 Å². The molecule has 4 heteroatoms. The van der Waals surface area contributed by atoms with Crippen molar-refractivity contribution in [3.63, 3.8) is 0 Å². The molecule has 92 valence electrons.